The summed E-state index contributed by atoms with van der Waals surface area (Å²) in [4.78, 5) is 11.9. The lowest BCUT2D eigenvalue weighted by Crippen LogP contribution is -2.17. The largest absolute Gasteiger partial charge is 0.321 e. The Hall–Kier alpha value is -1.90. The van der Waals surface area contributed by atoms with E-state index in [0.29, 0.717) is 17.1 Å². The van der Waals surface area contributed by atoms with Gasteiger partial charge < -0.3 is 5.32 Å². The maximum Gasteiger partial charge on any atom is 0.273 e. The molecule has 0 aliphatic heterocycles. The zero-order valence-corrected chi connectivity index (χ0v) is 12.9. The summed E-state index contributed by atoms with van der Waals surface area (Å²) < 4.78 is 24.0. The van der Waals surface area contributed by atoms with Crippen LogP contribution in [0.25, 0.3) is 0 Å². The van der Waals surface area contributed by atoms with E-state index in [9.17, 15) is 13.2 Å². The summed E-state index contributed by atoms with van der Waals surface area (Å²) in [5.41, 5.74) is 1.45. The number of amides is 1. The first-order valence-electron chi connectivity index (χ1n) is 5.83. The van der Waals surface area contributed by atoms with Gasteiger partial charge in [-0.25, -0.2) is 13.6 Å². The van der Waals surface area contributed by atoms with E-state index in [1.165, 1.54) is 22.9 Å². The van der Waals surface area contributed by atoms with Gasteiger partial charge in [-0.05, 0) is 31.2 Å². The molecule has 0 aliphatic carbocycles. The normalized spacial score (nSPS) is 11.4. The van der Waals surface area contributed by atoms with Gasteiger partial charge in [0.05, 0.1) is 10.7 Å². The van der Waals surface area contributed by atoms with Crippen LogP contribution in [0, 0.1) is 6.92 Å². The summed E-state index contributed by atoms with van der Waals surface area (Å²) in [7, 11) is -2.24. The van der Waals surface area contributed by atoms with E-state index in [2.05, 4.69) is 10.4 Å². The molecule has 0 aliphatic rings. The number of halogens is 1. The molecule has 1 amide bonds. The van der Waals surface area contributed by atoms with Gasteiger partial charge in [-0.2, -0.15) is 5.10 Å². The molecule has 3 N–H and O–H groups in total. The van der Waals surface area contributed by atoms with E-state index in [0.717, 1.165) is 0 Å². The number of primary sulfonamides is 1. The Balaban J connectivity index is 2.27. The first-order chi connectivity index (χ1) is 9.68. The molecule has 0 spiro atoms. The van der Waals surface area contributed by atoms with Gasteiger partial charge in [0.25, 0.3) is 5.91 Å². The number of hydrogen-bond acceptors (Lipinski definition) is 4. The molecule has 0 atom stereocenters. The Labute approximate surface area is 126 Å². The molecule has 2 rings (SSSR count). The predicted octanol–water partition coefficient (Wildman–Crippen LogP) is 1.28. The average molecular weight is 329 g/mol. The highest BCUT2D eigenvalue weighted by molar-refractivity contribution is 7.89. The number of aryl methyl sites for hydroxylation is 2. The fourth-order valence-electron chi connectivity index (χ4n) is 1.83. The monoisotopic (exact) mass is 328 g/mol. The molecule has 0 saturated heterocycles. The number of carbonyl (C=O) groups excluding carboxylic acids is 1. The third kappa shape index (κ3) is 3.41. The van der Waals surface area contributed by atoms with Crippen molar-refractivity contribution < 1.29 is 13.2 Å². The van der Waals surface area contributed by atoms with Gasteiger partial charge in [0, 0.05) is 12.7 Å². The van der Waals surface area contributed by atoms with Crippen LogP contribution in [0.15, 0.2) is 29.2 Å². The van der Waals surface area contributed by atoms with E-state index in [4.69, 9.17) is 16.7 Å². The molecular formula is C12H13ClN4O3S. The minimum atomic E-state index is -3.89. The third-order valence-electron chi connectivity index (χ3n) is 2.73. The Morgan fingerprint density at radius 3 is 2.52 bits per heavy atom. The predicted molar refractivity (Wildman–Crippen MR) is 78.7 cm³/mol. The third-order valence-corrected chi connectivity index (χ3v) is 4.12. The van der Waals surface area contributed by atoms with Crippen LogP contribution in [-0.4, -0.2) is 24.1 Å². The van der Waals surface area contributed by atoms with Crippen molar-refractivity contribution in [3.63, 3.8) is 0 Å². The van der Waals surface area contributed by atoms with Gasteiger partial charge in [-0.1, -0.05) is 11.6 Å². The second kappa shape index (κ2) is 5.47. The number of anilines is 1. The number of aromatic nitrogens is 2. The van der Waals surface area contributed by atoms with Crippen molar-refractivity contribution >= 4 is 33.2 Å². The van der Waals surface area contributed by atoms with Crippen LogP contribution < -0.4 is 10.5 Å². The topological polar surface area (TPSA) is 107 Å². The van der Waals surface area contributed by atoms with Gasteiger partial charge in [0.1, 0.15) is 10.6 Å². The molecule has 0 radical (unpaired) electrons. The van der Waals surface area contributed by atoms with E-state index < -0.39 is 10.0 Å². The molecule has 0 unspecified atom stereocenters. The summed E-state index contributed by atoms with van der Waals surface area (Å²) in [6.07, 6.45) is 0. The van der Waals surface area contributed by atoms with Crippen molar-refractivity contribution in [2.24, 2.45) is 12.2 Å². The molecule has 2 aromatic rings. The van der Waals surface area contributed by atoms with Gasteiger partial charge in [-0.3, -0.25) is 9.48 Å². The number of sulfonamides is 1. The number of hydrogen-bond donors (Lipinski definition) is 2. The zero-order chi connectivity index (χ0) is 15.8. The highest BCUT2D eigenvalue weighted by Gasteiger charge is 2.15. The van der Waals surface area contributed by atoms with Gasteiger partial charge in [0.15, 0.2) is 0 Å². The van der Waals surface area contributed by atoms with E-state index in [-0.39, 0.29) is 15.8 Å². The second-order valence-electron chi connectivity index (χ2n) is 4.44. The molecule has 1 aromatic carbocycles. The molecule has 0 fully saturated rings. The van der Waals surface area contributed by atoms with Gasteiger partial charge in [0.2, 0.25) is 10.0 Å². The molecule has 7 nitrogen and oxygen atoms in total. The average Bonchev–Trinajstić information content (AvgIpc) is 2.67. The molecule has 0 bridgehead atoms. The Morgan fingerprint density at radius 1 is 1.38 bits per heavy atom. The Morgan fingerprint density at radius 2 is 2.05 bits per heavy atom. The minimum Gasteiger partial charge on any atom is -0.321 e. The summed E-state index contributed by atoms with van der Waals surface area (Å²) >= 11 is 5.85. The summed E-state index contributed by atoms with van der Waals surface area (Å²) in [5, 5.41) is 11.6. The summed E-state index contributed by atoms with van der Waals surface area (Å²) in [6, 6.07) is 5.60. The van der Waals surface area contributed by atoms with Gasteiger partial charge in [-0.15, -0.1) is 0 Å². The van der Waals surface area contributed by atoms with E-state index in [1.807, 2.05) is 0 Å². The molecular weight excluding hydrogens is 316 g/mol. The van der Waals surface area contributed by atoms with Crippen LogP contribution in [0.3, 0.4) is 0 Å². The maximum atomic E-state index is 12.1. The van der Waals surface area contributed by atoms with Crippen molar-refractivity contribution in [3.05, 3.63) is 40.7 Å². The Kier molecular flexibility index (Phi) is 4.04. The van der Waals surface area contributed by atoms with Crippen LogP contribution in [0.5, 0.6) is 0 Å². The van der Waals surface area contributed by atoms with Crippen molar-refractivity contribution in [2.75, 3.05) is 5.32 Å². The number of carbonyl (C=O) groups is 1. The summed E-state index contributed by atoms with van der Waals surface area (Å²) in [5.74, 6) is -0.377. The lowest BCUT2D eigenvalue weighted by molar-refractivity contribution is 0.101. The Bertz CT molecular complexity index is 814. The van der Waals surface area contributed by atoms with Crippen LogP contribution in [-0.2, 0) is 17.1 Å². The fraction of sp³-hybridized carbons (Fsp3) is 0.167. The van der Waals surface area contributed by atoms with Crippen molar-refractivity contribution in [1.82, 2.24) is 9.78 Å². The molecule has 21 heavy (non-hydrogen) atoms. The van der Waals surface area contributed by atoms with Crippen LogP contribution in [0.4, 0.5) is 5.69 Å². The minimum absolute atomic E-state index is 0.0588. The van der Waals surface area contributed by atoms with Gasteiger partial charge >= 0.3 is 0 Å². The molecule has 112 valence electrons. The van der Waals surface area contributed by atoms with Crippen LogP contribution in [0.2, 0.25) is 5.02 Å². The first kappa shape index (κ1) is 15.5. The lowest BCUT2D eigenvalue weighted by atomic mass is 10.3. The van der Waals surface area contributed by atoms with Crippen molar-refractivity contribution in [3.8, 4) is 0 Å². The van der Waals surface area contributed by atoms with Crippen LogP contribution >= 0.6 is 11.6 Å². The van der Waals surface area contributed by atoms with Crippen molar-refractivity contribution in [1.29, 1.82) is 0 Å². The number of nitrogens with zero attached hydrogens (tertiary/aromatic N) is 2. The molecule has 1 aromatic heterocycles. The highest BCUT2D eigenvalue weighted by atomic mass is 35.5. The van der Waals surface area contributed by atoms with E-state index >= 15 is 0 Å². The smallest absolute Gasteiger partial charge is 0.273 e. The molecule has 1 heterocycles. The SMILES string of the molecule is Cc1cc(C(=O)Nc2ccc(S(N)(=O)=O)c(Cl)c2)n(C)n1. The quantitative estimate of drug-likeness (QED) is 0.884. The maximum absolute atomic E-state index is 12.1. The van der Waals surface area contributed by atoms with E-state index in [1.54, 1.807) is 20.0 Å². The molecule has 0 saturated carbocycles. The standard InChI is InChI=1S/C12H13ClN4O3S/c1-7-5-10(17(2)16-7)12(18)15-8-3-4-11(9(13)6-8)21(14,19)20/h3-6H,1-2H3,(H,15,18)(H2,14,19,20). The summed E-state index contributed by atoms with van der Waals surface area (Å²) in [6.45, 7) is 1.77. The van der Waals surface area contributed by atoms with Crippen LogP contribution in [0.1, 0.15) is 16.2 Å². The second-order valence-corrected chi connectivity index (χ2v) is 6.38. The zero-order valence-electron chi connectivity index (χ0n) is 11.3. The number of rotatable bonds is 3. The fourth-order valence-corrected chi connectivity index (χ4v) is 2.92. The number of benzene rings is 1. The highest BCUT2D eigenvalue weighted by Crippen LogP contribution is 2.24. The number of nitrogens with one attached hydrogen (secondary N) is 1. The molecule has 9 heteroatoms. The first-order valence-corrected chi connectivity index (χ1v) is 7.75. The number of nitrogens with two attached hydrogens (primary N) is 1. The van der Waals surface area contributed by atoms with Crippen molar-refractivity contribution in [2.45, 2.75) is 11.8 Å². The lowest BCUT2D eigenvalue weighted by Gasteiger charge is -2.07.